The molecule has 1 fully saturated rings. The average molecular weight is 501 g/mol. The maximum Gasteiger partial charge on any atom is 0.222 e. The third-order valence-corrected chi connectivity index (χ3v) is 7.32. The van der Waals surface area contributed by atoms with Gasteiger partial charge in [0.05, 0.1) is 11.4 Å². The largest absolute Gasteiger partial charge is 0.369 e. The summed E-state index contributed by atoms with van der Waals surface area (Å²) in [5.41, 5.74) is 12.5. The molecule has 0 unspecified atom stereocenters. The van der Waals surface area contributed by atoms with Crippen molar-refractivity contribution in [1.29, 1.82) is 0 Å². The van der Waals surface area contributed by atoms with Crippen LogP contribution in [0.15, 0.2) is 66.9 Å². The van der Waals surface area contributed by atoms with Crippen LogP contribution in [0.25, 0.3) is 28.0 Å². The number of piperidine rings is 1. The topological polar surface area (TPSA) is 80.7 Å². The molecule has 6 nitrogen and oxygen atoms in total. The van der Waals surface area contributed by atoms with Crippen LogP contribution in [0, 0.1) is 12.8 Å². The van der Waals surface area contributed by atoms with E-state index in [9.17, 15) is 9.59 Å². The fourth-order valence-corrected chi connectivity index (χ4v) is 5.29. The summed E-state index contributed by atoms with van der Waals surface area (Å²) in [6.45, 7) is 3.20. The molecule has 1 aliphatic rings. The molecule has 7 heteroatoms. The van der Waals surface area contributed by atoms with Crippen molar-refractivity contribution in [2.75, 3.05) is 13.1 Å². The Balaban J connectivity index is 1.47. The lowest BCUT2D eigenvalue weighted by molar-refractivity contribution is -0.134. The van der Waals surface area contributed by atoms with Gasteiger partial charge in [-0.05, 0) is 67.1 Å². The number of primary amides is 1. The van der Waals surface area contributed by atoms with Crippen molar-refractivity contribution < 1.29 is 9.59 Å². The second kappa shape index (κ2) is 10.2. The Kier molecular flexibility index (Phi) is 6.79. The number of aromatic nitrogens is 2. The van der Waals surface area contributed by atoms with Crippen LogP contribution < -0.4 is 5.73 Å². The smallest absolute Gasteiger partial charge is 0.222 e. The summed E-state index contributed by atoms with van der Waals surface area (Å²) in [5.74, 6) is -0.309. The van der Waals surface area contributed by atoms with Gasteiger partial charge in [-0.1, -0.05) is 48.0 Å². The first-order valence-electron chi connectivity index (χ1n) is 12.3. The first-order chi connectivity index (χ1) is 17.4. The Morgan fingerprint density at radius 1 is 1.03 bits per heavy atom. The van der Waals surface area contributed by atoms with E-state index in [-0.39, 0.29) is 17.7 Å². The number of likely N-dealkylation sites (tertiary alicyclic amines) is 1. The van der Waals surface area contributed by atoms with Crippen molar-refractivity contribution in [3.8, 4) is 22.4 Å². The SMILES string of the molecule is Cc1cc(Cl)ccc1-c1ccc2nc(-c3ccccc3)c(CCC(=O)N3CCC(C(N)=O)CC3)n2c1. The molecule has 5 rings (SSSR count). The predicted molar refractivity (Wildman–Crippen MR) is 143 cm³/mol. The first-order valence-corrected chi connectivity index (χ1v) is 12.7. The number of rotatable bonds is 6. The fourth-order valence-electron chi connectivity index (χ4n) is 5.07. The molecule has 1 aliphatic heterocycles. The van der Waals surface area contributed by atoms with E-state index in [1.807, 2.05) is 59.5 Å². The lowest BCUT2D eigenvalue weighted by Crippen LogP contribution is -2.41. The van der Waals surface area contributed by atoms with E-state index in [1.54, 1.807) is 0 Å². The highest BCUT2D eigenvalue weighted by Crippen LogP contribution is 2.30. The molecule has 4 aromatic rings. The van der Waals surface area contributed by atoms with Gasteiger partial charge in [0, 0.05) is 42.2 Å². The molecular weight excluding hydrogens is 472 g/mol. The molecular formula is C29H29ClN4O2. The molecule has 0 spiro atoms. The highest BCUT2D eigenvalue weighted by atomic mass is 35.5. The van der Waals surface area contributed by atoms with Gasteiger partial charge in [0.2, 0.25) is 11.8 Å². The summed E-state index contributed by atoms with van der Waals surface area (Å²) in [6, 6.07) is 20.1. The number of halogens is 1. The number of benzene rings is 2. The van der Waals surface area contributed by atoms with E-state index < -0.39 is 0 Å². The van der Waals surface area contributed by atoms with Crippen molar-refractivity contribution >= 4 is 29.1 Å². The van der Waals surface area contributed by atoms with Crippen LogP contribution in [-0.4, -0.2) is 39.2 Å². The molecule has 36 heavy (non-hydrogen) atoms. The van der Waals surface area contributed by atoms with Gasteiger partial charge in [-0.2, -0.15) is 0 Å². The number of carbonyl (C=O) groups excluding carboxylic acids is 2. The highest BCUT2D eigenvalue weighted by Gasteiger charge is 2.26. The minimum absolute atomic E-state index is 0.0941. The van der Waals surface area contributed by atoms with E-state index in [0.29, 0.717) is 43.8 Å². The Hall–Kier alpha value is -3.64. The van der Waals surface area contributed by atoms with Crippen molar-refractivity contribution in [3.05, 3.63) is 83.1 Å². The number of nitrogens with two attached hydrogens (primary N) is 1. The van der Waals surface area contributed by atoms with Crippen molar-refractivity contribution in [1.82, 2.24) is 14.3 Å². The van der Waals surface area contributed by atoms with Crippen LogP contribution in [0.5, 0.6) is 0 Å². The van der Waals surface area contributed by atoms with Crippen LogP contribution >= 0.6 is 11.6 Å². The lowest BCUT2D eigenvalue weighted by Gasteiger charge is -2.30. The maximum absolute atomic E-state index is 13.1. The zero-order valence-electron chi connectivity index (χ0n) is 20.3. The van der Waals surface area contributed by atoms with Crippen LogP contribution in [0.2, 0.25) is 5.02 Å². The number of fused-ring (bicyclic) bond motifs is 1. The highest BCUT2D eigenvalue weighted by molar-refractivity contribution is 6.30. The third-order valence-electron chi connectivity index (χ3n) is 7.09. The summed E-state index contributed by atoms with van der Waals surface area (Å²) >= 11 is 6.18. The zero-order valence-corrected chi connectivity index (χ0v) is 21.0. The molecule has 0 saturated carbocycles. The summed E-state index contributed by atoms with van der Waals surface area (Å²) in [4.78, 5) is 31.4. The van der Waals surface area contributed by atoms with Gasteiger partial charge >= 0.3 is 0 Å². The van der Waals surface area contributed by atoms with Crippen molar-refractivity contribution in [2.24, 2.45) is 11.7 Å². The molecule has 2 N–H and O–H groups in total. The number of carbonyl (C=O) groups is 2. The van der Waals surface area contributed by atoms with Gasteiger partial charge in [0.15, 0.2) is 0 Å². The number of nitrogens with zero attached hydrogens (tertiary/aromatic N) is 3. The van der Waals surface area contributed by atoms with E-state index in [2.05, 4.69) is 23.6 Å². The van der Waals surface area contributed by atoms with Gasteiger partial charge in [0.1, 0.15) is 5.65 Å². The van der Waals surface area contributed by atoms with Crippen LogP contribution in [0.4, 0.5) is 0 Å². The maximum atomic E-state index is 13.1. The van der Waals surface area contributed by atoms with Crippen LogP contribution in [-0.2, 0) is 16.0 Å². The Bertz CT molecular complexity index is 1420. The number of amides is 2. The van der Waals surface area contributed by atoms with Crippen LogP contribution in [0.3, 0.4) is 0 Å². The third kappa shape index (κ3) is 4.86. The minimum Gasteiger partial charge on any atom is -0.369 e. The van der Waals surface area contributed by atoms with E-state index in [1.165, 1.54) is 0 Å². The molecule has 0 bridgehead atoms. The summed E-state index contributed by atoms with van der Waals surface area (Å²) < 4.78 is 2.11. The molecule has 0 aliphatic carbocycles. The number of hydrogen-bond acceptors (Lipinski definition) is 3. The fraction of sp³-hybridized carbons (Fsp3) is 0.276. The first kappa shape index (κ1) is 24.1. The molecule has 2 aromatic carbocycles. The van der Waals surface area contributed by atoms with Crippen molar-refractivity contribution in [3.63, 3.8) is 0 Å². The molecule has 2 aromatic heterocycles. The molecule has 3 heterocycles. The lowest BCUT2D eigenvalue weighted by atomic mass is 9.96. The Morgan fingerprint density at radius 3 is 2.47 bits per heavy atom. The van der Waals surface area contributed by atoms with Crippen LogP contribution in [0.1, 0.15) is 30.5 Å². The standard InChI is InChI=1S/C29H29ClN4O2/c1-19-17-23(30)8-9-24(19)22-7-11-26-32-28(20-5-3-2-4-6-20)25(34(26)18-22)10-12-27(35)33-15-13-21(14-16-33)29(31)36/h2-9,11,17-18,21H,10,12-16H2,1H3,(H2,31,36). The molecule has 1 saturated heterocycles. The van der Waals surface area contributed by atoms with Gasteiger partial charge in [-0.3, -0.25) is 9.59 Å². The van der Waals surface area contributed by atoms with E-state index >= 15 is 0 Å². The summed E-state index contributed by atoms with van der Waals surface area (Å²) in [5, 5.41) is 0.713. The molecule has 0 atom stereocenters. The van der Waals surface area contributed by atoms with E-state index in [0.717, 1.165) is 39.3 Å². The molecule has 184 valence electrons. The molecule has 0 radical (unpaired) electrons. The minimum atomic E-state index is -0.271. The summed E-state index contributed by atoms with van der Waals surface area (Å²) in [6.07, 6.45) is 4.30. The van der Waals surface area contributed by atoms with Gasteiger partial charge in [0.25, 0.3) is 0 Å². The number of hydrogen-bond donors (Lipinski definition) is 1. The second-order valence-electron chi connectivity index (χ2n) is 9.44. The Morgan fingerprint density at radius 2 is 1.78 bits per heavy atom. The van der Waals surface area contributed by atoms with Gasteiger partial charge < -0.3 is 15.0 Å². The zero-order chi connectivity index (χ0) is 25.2. The van der Waals surface area contributed by atoms with Crippen molar-refractivity contribution in [2.45, 2.75) is 32.6 Å². The summed E-state index contributed by atoms with van der Waals surface area (Å²) in [7, 11) is 0. The number of aryl methyl sites for hydroxylation is 2. The van der Waals surface area contributed by atoms with E-state index in [4.69, 9.17) is 22.3 Å². The predicted octanol–water partition coefficient (Wildman–Crippen LogP) is 5.29. The molecule has 2 amide bonds. The normalized spacial score (nSPS) is 14.3. The second-order valence-corrected chi connectivity index (χ2v) is 9.87. The van der Waals surface area contributed by atoms with Gasteiger partial charge in [-0.15, -0.1) is 0 Å². The number of pyridine rings is 1. The van der Waals surface area contributed by atoms with Gasteiger partial charge in [-0.25, -0.2) is 4.98 Å². The Labute approximate surface area is 215 Å². The number of imidazole rings is 1. The quantitative estimate of drug-likeness (QED) is 0.390. The monoisotopic (exact) mass is 500 g/mol. The average Bonchev–Trinajstić information content (AvgIpc) is 3.25.